The lowest BCUT2D eigenvalue weighted by Crippen LogP contribution is -2.40. The lowest BCUT2D eigenvalue weighted by atomic mass is 10.3. The summed E-state index contributed by atoms with van der Waals surface area (Å²) in [6, 6.07) is 10.7. The van der Waals surface area contributed by atoms with Gasteiger partial charge in [-0.25, -0.2) is 18.1 Å². The highest BCUT2D eigenvalue weighted by Crippen LogP contribution is 2.18. The van der Waals surface area contributed by atoms with E-state index in [4.69, 9.17) is 11.6 Å². The predicted molar refractivity (Wildman–Crippen MR) is 112 cm³/mol. The van der Waals surface area contributed by atoms with Gasteiger partial charge in [0.15, 0.2) is 11.6 Å². The van der Waals surface area contributed by atoms with Crippen LogP contribution in [0.4, 0.5) is 14.5 Å². The molecule has 0 radical (unpaired) electrons. The van der Waals surface area contributed by atoms with Gasteiger partial charge in [0.1, 0.15) is 11.2 Å². The Balaban J connectivity index is 1.78. The maximum absolute atomic E-state index is 13.4. The van der Waals surface area contributed by atoms with Crippen molar-refractivity contribution in [3.8, 4) is 5.69 Å². The Morgan fingerprint density at radius 2 is 1.87 bits per heavy atom. The Bertz CT molecular complexity index is 1410. The number of aromatic nitrogens is 2. The van der Waals surface area contributed by atoms with Crippen LogP contribution >= 0.6 is 22.9 Å². The third-order valence-electron chi connectivity index (χ3n) is 4.33. The summed E-state index contributed by atoms with van der Waals surface area (Å²) in [4.78, 5) is 38.4. The van der Waals surface area contributed by atoms with Crippen molar-refractivity contribution < 1.29 is 13.6 Å². The molecule has 0 unspecified atom stereocenters. The molecule has 10 heteroatoms. The highest BCUT2D eigenvalue weighted by Gasteiger charge is 2.18. The van der Waals surface area contributed by atoms with Crippen LogP contribution in [0, 0.1) is 11.6 Å². The van der Waals surface area contributed by atoms with Gasteiger partial charge in [0.2, 0.25) is 5.91 Å². The number of hydrogen-bond donors (Lipinski definition) is 1. The van der Waals surface area contributed by atoms with Gasteiger partial charge in [0.05, 0.1) is 11.2 Å². The first-order chi connectivity index (χ1) is 14.3. The molecule has 2 heterocycles. The van der Waals surface area contributed by atoms with Crippen molar-refractivity contribution in [2.75, 3.05) is 5.32 Å². The first kappa shape index (κ1) is 20.0. The molecule has 4 rings (SSSR count). The second-order valence-corrected chi connectivity index (χ2v) is 7.65. The molecule has 152 valence electrons. The number of amides is 1. The van der Waals surface area contributed by atoms with Gasteiger partial charge in [-0.15, -0.1) is 11.3 Å². The molecule has 0 aliphatic carbocycles. The number of halogens is 3. The summed E-state index contributed by atoms with van der Waals surface area (Å²) in [7, 11) is 0. The van der Waals surface area contributed by atoms with E-state index in [2.05, 4.69) is 5.32 Å². The van der Waals surface area contributed by atoms with Crippen LogP contribution in [0.5, 0.6) is 0 Å². The van der Waals surface area contributed by atoms with Crippen molar-refractivity contribution in [1.82, 2.24) is 9.13 Å². The number of anilines is 1. The first-order valence-electron chi connectivity index (χ1n) is 8.59. The van der Waals surface area contributed by atoms with Crippen molar-refractivity contribution in [1.29, 1.82) is 0 Å². The van der Waals surface area contributed by atoms with Crippen LogP contribution in [0.25, 0.3) is 15.9 Å². The Morgan fingerprint density at radius 3 is 2.60 bits per heavy atom. The van der Waals surface area contributed by atoms with Crippen LogP contribution in [0.15, 0.2) is 63.5 Å². The summed E-state index contributed by atoms with van der Waals surface area (Å²) in [5.41, 5.74) is -0.647. The van der Waals surface area contributed by atoms with Gasteiger partial charge in [-0.05, 0) is 41.8 Å². The molecule has 0 saturated carbocycles. The number of carbonyl (C=O) groups is 1. The van der Waals surface area contributed by atoms with Gasteiger partial charge >= 0.3 is 5.69 Å². The summed E-state index contributed by atoms with van der Waals surface area (Å²) in [5, 5.41) is 4.39. The summed E-state index contributed by atoms with van der Waals surface area (Å²) >= 11 is 7.13. The Hall–Kier alpha value is -3.30. The average Bonchev–Trinajstić information content (AvgIpc) is 3.18. The third kappa shape index (κ3) is 3.64. The maximum atomic E-state index is 13.4. The molecule has 0 atom stereocenters. The second kappa shape index (κ2) is 7.85. The number of fused-ring (bicyclic) bond motifs is 1. The molecule has 1 N–H and O–H groups in total. The number of thiophene rings is 1. The fourth-order valence-corrected chi connectivity index (χ4v) is 4.01. The Morgan fingerprint density at radius 1 is 1.07 bits per heavy atom. The number of nitrogens with one attached hydrogen (secondary N) is 1. The summed E-state index contributed by atoms with van der Waals surface area (Å²) < 4.78 is 28.8. The molecule has 0 saturated heterocycles. The normalized spacial score (nSPS) is 11.0. The van der Waals surface area contributed by atoms with Crippen LogP contribution in [-0.4, -0.2) is 15.0 Å². The standard InChI is InChI=1S/C20H12ClF2N3O3S/c21-11-2-1-3-13(8-11)26-19(28)18-16(6-7-30-18)25(20(26)29)10-17(27)24-12-4-5-14(22)15(23)9-12/h1-9H,10H2,(H,24,27). The minimum Gasteiger partial charge on any atom is -0.324 e. The number of rotatable bonds is 4. The van der Waals surface area contributed by atoms with Crippen molar-refractivity contribution in [3.63, 3.8) is 0 Å². The summed E-state index contributed by atoms with van der Waals surface area (Å²) in [6.45, 7) is -0.439. The molecule has 0 aliphatic rings. The van der Waals surface area contributed by atoms with E-state index in [0.29, 0.717) is 10.5 Å². The molecule has 2 aromatic carbocycles. The van der Waals surface area contributed by atoms with E-state index in [9.17, 15) is 23.2 Å². The van der Waals surface area contributed by atoms with Crippen LogP contribution in [-0.2, 0) is 11.3 Å². The topological polar surface area (TPSA) is 73.1 Å². The van der Waals surface area contributed by atoms with Crippen LogP contribution in [0.3, 0.4) is 0 Å². The Labute approximate surface area is 176 Å². The fourth-order valence-electron chi connectivity index (χ4n) is 3.00. The molecule has 2 aromatic heterocycles. The molecular weight excluding hydrogens is 436 g/mol. The van der Waals surface area contributed by atoms with E-state index in [1.54, 1.807) is 29.6 Å². The van der Waals surface area contributed by atoms with Gasteiger partial charge in [-0.2, -0.15) is 0 Å². The number of benzene rings is 2. The van der Waals surface area contributed by atoms with Crippen LogP contribution in [0.1, 0.15) is 0 Å². The third-order valence-corrected chi connectivity index (χ3v) is 5.45. The summed E-state index contributed by atoms with van der Waals surface area (Å²) in [5.74, 6) is -2.80. The Kier molecular flexibility index (Phi) is 5.23. The molecule has 4 aromatic rings. The predicted octanol–water partition coefficient (Wildman–Crippen LogP) is 3.78. The maximum Gasteiger partial charge on any atom is 0.336 e. The zero-order valence-electron chi connectivity index (χ0n) is 15.1. The molecule has 0 aliphatic heterocycles. The lowest BCUT2D eigenvalue weighted by Gasteiger charge is -2.13. The van der Waals surface area contributed by atoms with Gasteiger partial charge in [-0.3, -0.25) is 14.2 Å². The van der Waals surface area contributed by atoms with E-state index in [0.717, 1.165) is 32.6 Å². The zero-order chi connectivity index (χ0) is 21.4. The van der Waals surface area contributed by atoms with Gasteiger partial charge in [-0.1, -0.05) is 17.7 Å². The summed E-state index contributed by atoms with van der Waals surface area (Å²) in [6.07, 6.45) is 0. The van der Waals surface area contributed by atoms with Crippen molar-refractivity contribution >= 4 is 44.7 Å². The van der Waals surface area contributed by atoms with Crippen molar-refractivity contribution in [2.24, 2.45) is 0 Å². The molecule has 6 nitrogen and oxygen atoms in total. The molecule has 1 amide bonds. The minimum absolute atomic E-state index is 0.0386. The van der Waals surface area contributed by atoms with E-state index in [1.165, 1.54) is 12.1 Å². The average molecular weight is 448 g/mol. The molecule has 0 spiro atoms. The fraction of sp³-hybridized carbons (Fsp3) is 0.0500. The first-order valence-corrected chi connectivity index (χ1v) is 9.85. The highest BCUT2D eigenvalue weighted by atomic mass is 35.5. The molecule has 30 heavy (non-hydrogen) atoms. The van der Waals surface area contributed by atoms with Gasteiger partial charge in [0, 0.05) is 16.8 Å². The molecule has 0 fully saturated rings. The smallest absolute Gasteiger partial charge is 0.324 e. The van der Waals surface area contributed by atoms with E-state index in [1.807, 2.05) is 0 Å². The highest BCUT2D eigenvalue weighted by molar-refractivity contribution is 7.17. The van der Waals surface area contributed by atoms with Crippen LogP contribution in [0.2, 0.25) is 5.02 Å². The van der Waals surface area contributed by atoms with Gasteiger partial charge in [0.25, 0.3) is 5.56 Å². The second-order valence-electron chi connectivity index (χ2n) is 6.30. The molecular formula is C20H12ClF2N3O3S. The van der Waals surface area contributed by atoms with Crippen molar-refractivity contribution in [2.45, 2.75) is 6.54 Å². The quantitative estimate of drug-likeness (QED) is 0.517. The largest absolute Gasteiger partial charge is 0.336 e. The van der Waals surface area contributed by atoms with E-state index >= 15 is 0 Å². The van der Waals surface area contributed by atoms with E-state index < -0.39 is 35.3 Å². The SMILES string of the molecule is O=C(Cn1c(=O)n(-c2cccc(Cl)c2)c(=O)c2sccc21)Nc1ccc(F)c(F)c1. The number of hydrogen-bond acceptors (Lipinski definition) is 4. The van der Waals surface area contributed by atoms with Gasteiger partial charge < -0.3 is 5.32 Å². The monoisotopic (exact) mass is 447 g/mol. The van der Waals surface area contributed by atoms with Crippen LogP contribution < -0.4 is 16.6 Å². The molecule has 0 bridgehead atoms. The van der Waals surface area contributed by atoms with E-state index in [-0.39, 0.29) is 16.1 Å². The minimum atomic E-state index is -1.11. The zero-order valence-corrected chi connectivity index (χ0v) is 16.6. The van der Waals surface area contributed by atoms with Crippen molar-refractivity contribution in [3.05, 3.63) is 91.4 Å². The number of carbonyl (C=O) groups excluding carboxylic acids is 1. The number of nitrogens with zero attached hydrogens (tertiary/aromatic N) is 2. The lowest BCUT2D eigenvalue weighted by molar-refractivity contribution is -0.116.